The van der Waals surface area contributed by atoms with Crippen LogP contribution in [0.3, 0.4) is 0 Å². The van der Waals surface area contributed by atoms with Crippen LogP contribution >= 0.6 is 0 Å². The number of aliphatic hydroxyl groups excluding tert-OH is 1. The van der Waals surface area contributed by atoms with Crippen LogP contribution in [0.25, 0.3) is 0 Å². The number of rotatable bonds is 5. The Hall–Kier alpha value is -0.870. The van der Waals surface area contributed by atoms with Crippen molar-refractivity contribution in [2.24, 2.45) is 7.05 Å². The fourth-order valence-electron chi connectivity index (χ4n) is 1.41. The molecule has 2 N–H and O–H groups in total. The van der Waals surface area contributed by atoms with Crippen molar-refractivity contribution in [2.75, 3.05) is 6.61 Å². The largest absolute Gasteiger partial charge is 0.395 e. The highest BCUT2D eigenvalue weighted by molar-refractivity contribution is 5.09. The maximum atomic E-state index is 9.04. The zero-order valence-corrected chi connectivity index (χ0v) is 9.07. The molecular weight excluding hydrogens is 178 g/mol. The fraction of sp³-hybridized carbons (Fsp3) is 0.700. The molecule has 0 spiro atoms. The third-order valence-corrected chi connectivity index (χ3v) is 2.42. The Morgan fingerprint density at radius 3 is 2.79 bits per heavy atom. The van der Waals surface area contributed by atoms with Crippen molar-refractivity contribution in [3.63, 3.8) is 0 Å². The van der Waals surface area contributed by atoms with Gasteiger partial charge in [0.1, 0.15) is 0 Å². The second kappa shape index (κ2) is 5.12. The molecule has 0 fully saturated rings. The summed E-state index contributed by atoms with van der Waals surface area (Å²) in [6, 6.07) is 0.408. The van der Waals surface area contributed by atoms with Crippen molar-refractivity contribution in [2.45, 2.75) is 32.4 Å². The molecule has 0 bridgehead atoms. The van der Waals surface area contributed by atoms with Crippen molar-refractivity contribution in [1.82, 2.24) is 15.1 Å². The van der Waals surface area contributed by atoms with Crippen molar-refractivity contribution in [1.29, 1.82) is 0 Å². The predicted molar refractivity (Wildman–Crippen MR) is 55.9 cm³/mol. The maximum Gasteiger partial charge on any atom is 0.0584 e. The lowest BCUT2D eigenvalue weighted by Gasteiger charge is -2.19. The lowest BCUT2D eigenvalue weighted by Crippen LogP contribution is -2.33. The van der Waals surface area contributed by atoms with E-state index in [-0.39, 0.29) is 18.7 Å². The van der Waals surface area contributed by atoms with Gasteiger partial charge in [-0.2, -0.15) is 5.10 Å². The molecule has 0 amide bonds. The SMILES string of the molecule is CC[C@H](CO)N[C@@H](C)c1cnn(C)c1. The van der Waals surface area contributed by atoms with Gasteiger partial charge in [-0.1, -0.05) is 6.92 Å². The highest BCUT2D eigenvalue weighted by Crippen LogP contribution is 2.11. The zero-order chi connectivity index (χ0) is 10.6. The van der Waals surface area contributed by atoms with E-state index < -0.39 is 0 Å². The van der Waals surface area contributed by atoms with E-state index in [1.54, 1.807) is 4.68 Å². The summed E-state index contributed by atoms with van der Waals surface area (Å²) < 4.78 is 1.79. The second-order valence-corrected chi connectivity index (χ2v) is 3.62. The van der Waals surface area contributed by atoms with Gasteiger partial charge in [0.15, 0.2) is 0 Å². The zero-order valence-electron chi connectivity index (χ0n) is 9.07. The number of nitrogens with one attached hydrogen (secondary N) is 1. The van der Waals surface area contributed by atoms with Gasteiger partial charge in [-0.3, -0.25) is 4.68 Å². The molecule has 0 aromatic carbocycles. The van der Waals surface area contributed by atoms with Crippen LogP contribution in [-0.2, 0) is 7.05 Å². The van der Waals surface area contributed by atoms with Crippen LogP contribution in [0.15, 0.2) is 12.4 Å². The third kappa shape index (κ3) is 2.82. The minimum Gasteiger partial charge on any atom is -0.395 e. The molecule has 1 rings (SSSR count). The first-order chi connectivity index (χ1) is 6.67. The van der Waals surface area contributed by atoms with E-state index in [0.29, 0.717) is 0 Å². The van der Waals surface area contributed by atoms with Crippen LogP contribution in [0.5, 0.6) is 0 Å². The number of aliphatic hydroxyl groups is 1. The number of hydrogen-bond acceptors (Lipinski definition) is 3. The molecule has 1 aromatic rings. The number of hydrogen-bond donors (Lipinski definition) is 2. The van der Waals surface area contributed by atoms with Crippen LogP contribution in [-0.4, -0.2) is 27.5 Å². The van der Waals surface area contributed by atoms with E-state index in [4.69, 9.17) is 5.11 Å². The Kier molecular flexibility index (Phi) is 4.10. The number of aryl methyl sites for hydroxylation is 1. The van der Waals surface area contributed by atoms with E-state index in [1.165, 1.54) is 0 Å². The summed E-state index contributed by atoms with van der Waals surface area (Å²) >= 11 is 0. The molecule has 14 heavy (non-hydrogen) atoms. The molecule has 4 heteroatoms. The Morgan fingerprint density at radius 2 is 2.36 bits per heavy atom. The first-order valence-corrected chi connectivity index (χ1v) is 5.02. The molecule has 4 nitrogen and oxygen atoms in total. The lowest BCUT2D eigenvalue weighted by atomic mass is 10.1. The molecule has 0 aliphatic rings. The summed E-state index contributed by atoms with van der Waals surface area (Å²) in [6.07, 6.45) is 4.77. The van der Waals surface area contributed by atoms with Crippen LogP contribution in [0.4, 0.5) is 0 Å². The molecule has 0 radical (unpaired) electrons. The quantitative estimate of drug-likeness (QED) is 0.735. The summed E-state index contributed by atoms with van der Waals surface area (Å²) in [5.41, 5.74) is 1.15. The molecular formula is C10H19N3O. The normalized spacial score (nSPS) is 15.4. The number of nitrogens with zero attached hydrogens (tertiary/aromatic N) is 2. The van der Waals surface area contributed by atoms with Gasteiger partial charge in [0.25, 0.3) is 0 Å². The third-order valence-electron chi connectivity index (χ3n) is 2.42. The Morgan fingerprint density at radius 1 is 1.64 bits per heavy atom. The van der Waals surface area contributed by atoms with Crippen molar-refractivity contribution >= 4 is 0 Å². The van der Waals surface area contributed by atoms with Gasteiger partial charge in [0.2, 0.25) is 0 Å². The van der Waals surface area contributed by atoms with Gasteiger partial charge >= 0.3 is 0 Å². The average molecular weight is 197 g/mol. The van der Waals surface area contributed by atoms with Crippen molar-refractivity contribution in [3.05, 3.63) is 18.0 Å². The smallest absolute Gasteiger partial charge is 0.0584 e. The standard InChI is InChI=1S/C10H19N3O/c1-4-10(7-14)12-8(2)9-5-11-13(3)6-9/h5-6,8,10,12,14H,4,7H2,1-3H3/t8-,10+/m0/s1. The second-order valence-electron chi connectivity index (χ2n) is 3.62. The van der Waals surface area contributed by atoms with Gasteiger partial charge in [-0.25, -0.2) is 0 Å². The molecule has 0 aliphatic carbocycles. The van der Waals surface area contributed by atoms with Gasteiger partial charge in [0, 0.05) is 30.9 Å². The van der Waals surface area contributed by atoms with Crippen LogP contribution in [0.1, 0.15) is 31.9 Å². The summed E-state index contributed by atoms with van der Waals surface area (Å²) in [4.78, 5) is 0. The Bertz CT molecular complexity index is 268. The van der Waals surface area contributed by atoms with Crippen LogP contribution in [0, 0.1) is 0 Å². The summed E-state index contributed by atoms with van der Waals surface area (Å²) in [6.45, 7) is 4.32. The van der Waals surface area contributed by atoms with Crippen LogP contribution in [0.2, 0.25) is 0 Å². The van der Waals surface area contributed by atoms with E-state index in [2.05, 4.69) is 24.3 Å². The van der Waals surface area contributed by atoms with Gasteiger partial charge in [0.05, 0.1) is 12.8 Å². The first kappa shape index (κ1) is 11.2. The molecule has 0 aliphatic heterocycles. The van der Waals surface area contributed by atoms with Gasteiger partial charge in [-0.05, 0) is 13.3 Å². The molecule has 1 aromatic heterocycles. The van der Waals surface area contributed by atoms with Crippen LogP contribution < -0.4 is 5.32 Å². The molecule has 0 saturated carbocycles. The van der Waals surface area contributed by atoms with Crippen molar-refractivity contribution < 1.29 is 5.11 Å². The topological polar surface area (TPSA) is 50.1 Å². The molecule has 1 heterocycles. The molecule has 2 atom stereocenters. The van der Waals surface area contributed by atoms with E-state index in [9.17, 15) is 0 Å². The highest BCUT2D eigenvalue weighted by atomic mass is 16.3. The number of aromatic nitrogens is 2. The maximum absolute atomic E-state index is 9.04. The highest BCUT2D eigenvalue weighted by Gasteiger charge is 2.11. The average Bonchev–Trinajstić information content (AvgIpc) is 2.61. The van der Waals surface area contributed by atoms with Gasteiger partial charge < -0.3 is 10.4 Å². The lowest BCUT2D eigenvalue weighted by molar-refractivity contribution is 0.230. The predicted octanol–water partition coefficient (Wildman–Crippen LogP) is 0.842. The van der Waals surface area contributed by atoms with E-state index in [1.807, 2.05) is 19.4 Å². The summed E-state index contributed by atoms with van der Waals surface area (Å²) in [7, 11) is 1.90. The van der Waals surface area contributed by atoms with E-state index >= 15 is 0 Å². The molecule has 0 saturated heterocycles. The molecule has 80 valence electrons. The minimum atomic E-state index is 0.171. The molecule has 0 unspecified atom stereocenters. The Labute approximate surface area is 84.9 Å². The summed E-state index contributed by atoms with van der Waals surface area (Å²) in [5, 5.41) is 16.5. The van der Waals surface area contributed by atoms with E-state index in [0.717, 1.165) is 12.0 Å². The fourth-order valence-corrected chi connectivity index (χ4v) is 1.41. The van der Waals surface area contributed by atoms with Gasteiger partial charge in [-0.15, -0.1) is 0 Å². The monoisotopic (exact) mass is 197 g/mol. The Balaban J connectivity index is 2.53. The van der Waals surface area contributed by atoms with Crippen molar-refractivity contribution in [3.8, 4) is 0 Å². The summed E-state index contributed by atoms with van der Waals surface area (Å²) in [5.74, 6) is 0. The minimum absolute atomic E-state index is 0.171. The first-order valence-electron chi connectivity index (χ1n) is 5.02.